The molecule has 2 aromatic carbocycles. The second kappa shape index (κ2) is 12.3. The van der Waals surface area contributed by atoms with Gasteiger partial charge in [0.25, 0.3) is 0 Å². The molecule has 3 fully saturated rings. The second-order valence-corrected chi connectivity index (χ2v) is 12.7. The Balaban J connectivity index is 1.35. The number of methoxy groups -OCH3 is 1. The molecule has 2 N–H and O–H groups in total. The lowest BCUT2D eigenvalue weighted by atomic mass is 9.92. The molecule has 5 atom stereocenters. The van der Waals surface area contributed by atoms with E-state index in [0.717, 1.165) is 37.7 Å². The molecule has 1 saturated heterocycles. The second-order valence-electron chi connectivity index (χ2n) is 12.7. The molecule has 1 aromatic heterocycles. The molecule has 10 nitrogen and oxygen atoms in total. The largest absolute Gasteiger partial charge is 0.496 e. The molecule has 0 spiro atoms. The first-order chi connectivity index (χ1) is 21.6. The van der Waals surface area contributed by atoms with Crippen LogP contribution in [0.4, 0.5) is 4.39 Å². The summed E-state index contributed by atoms with van der Waals surface area (Å²) in [5.74, 6) is -2.43. The van der Waals surface area contributed by atoms with Gasteiger partial charge in [0.1, 0.15) is 23.2 Å². The van der Waals surface area contributed by atoms with E-state index in [2.05, 4.69) is 5.32 Å². The molecule has 2 heterocycles. The van der Waals surface area contributed by atoms with Crippen LogP contribution in [0.1, 0.15) is 56.9 Å². The average Bonchev–Trinajstić information content (AvgIpc) is 3.56. The fourth-order valence-corrected chi connectivity index (χ4v) is 7.11. The summed E-state index contributed by atoms with van der Waals surface area (Å²) in [6, 6.07) is 9.58. The van der Waals surface area contributed by atoms with Crippen molar-refractivity contribution in [2.45, 2.75) is 69.9 Å². The van der Waals surface area contributed by atoms with Gasteiger partial charge in [0.15, 0.2) is 5.82 Å². The molecule has 3 aromatic rings. The van der Waals surface area contributed by atoms with Crippen molar-refractivity contribution < 1.29 is 33.4 Å². The number of hydrogen-bond donors (Lipinski definition) is 2. The Morgan fingerprint density at radius 2 is 1.87 bits per heavy atom. The highest BCUT2D eigenvalue weighted by Crippen LogP contribution is 2.48. The van der Waals surface area contributed by atoms with Crippen molar-refractivity contribution in [3.63, 3.8) is 0 Å². The molecule has 2 aliphatic carbocycles. The fourth-order valence-electron chi connectivity index (χ4n) is 7.11. The summed E-state index contributed by atoms with van der Waals surface area (Å²) < 4.78 is 26.2. The Kier molecular flexibility index (Phi) is 8.37. The van der Waals surface area contributed by atoms with Crippen LogP contribution in [0, 0.1) is 30.5 Å². The van der Waals surface area contributed by atoms with Crippen LogP contribution in [0.15, 0.2) is 36.4 Å². The fraction of sp³-hybridized carbons (Fsp3) is 0.500. The normalized spacial score (nSPS) is 27.2. The molecule has 45 heavy (non-hydrogen) atoms. The third kappa shape index (κ3) is 5.92. The third-order valence-corrected chi connectivity index (χ3v) is 9.80. The van der Waals surface area contributed by atoms with Crippen molar-refractivity contribution in [3.05, 3.63) is 47.8 Å². The molecular weight excluding hydrogens is 579 g/mol. The number of ether oxygens (including phenoxy) is 2. The number of carboxylic acid groups (broad SMARTS) is 1. The molecule has 0 bridgehead atoms. The maximum Gasteiger partial charge on any atom is 0.329 e. The number of nitrogens with zero attached hydrogens (tertiary/aromatic N) is 3. The predicted molar refractivity (Wildman–Crippen MR) is 164 cm³/mol. The van der Waals surface area contributed by atoms with Gasteiger partial charge in [0.2, 0.25) is 17.7 Å². The van der Waals surface area contributed by atoms with Crippen LogP contribution >= 0.6 is 0 Å². The minimum Gasteiger partial charge on any atom is -0.496 e. The van der Waals surface area contributed by atoms with E-state index in [9.17, 15) is 23.9 Å². The number of carbonyl (C=O) groups is 3. The van der Waals surface area contributed by atoms with Gasteiger partial charge >= 0.3 is 5.97 Å². The lowest BCUT2D eigenvalue weighted by Gasteiger charge is -2.26. The summed E-state index contributed by atoms with van der Waals surface area (Å²) in [6.07, 6.45) is 4.72. The number of rotatable bonds is 5. The van der Waals surface area contributed by atoms with Crippen LogP contribution in [0.3, 0.4) is 0 Å². The summed E-state index contributed by atoms with van der Waals surface area (Å²) in [7, 11) is 3.33. The highest BCUT2D eigenvalue weighted by molar-refractivity contribution is 5.94. The highest BCUT2D eigenvalue weighted by atomic mass is 19.1. The van der Waals surface area contributed by atoms with E-state index in [4.69, 9.17) is 19.4 Å². The van der Waals surface area contributed by atoms with Gasteiger partial charge in [-0.15, -0.1) is 0 Å². The van der Waals surface area contributed by atoms with Crippen LogP contribution in [-0.2, 0) is 14.4 Å². The molecule has 2 amide bonds. The summed E-state index contributed by atoms with van der Waals surface area (Å²) >= 11 is 0. The predicted octanol–water partition coefficient (Wildman–Crippen LogP) is 4.91. The summed E-state index contributed by atoms with van der Waals surface area (Å²) in [6.45, 7) is 2.46. The standard InChI is InChI=1S/C34H39FN4O6/c1-19-27(44-3)13-12-24-28(19)36-29(20-9-8-11-22(35)15-20)37-31(24)45-23-16-25-26(17-23)32(41)39(2)14-7-5-4-6-10-21-18-34(21,33(42)43)38-30(25)40/h8-9,11-13,15,21,23,25-26H,4-7,10,14,16-18H2,1-3H3,(H,38,40)(H,42,43)/t21-,23-,25-,26-,34-/m1/s1. The number of hydrogen-bond acceptors (Lipinski definition) is 7. The number of aryl methyl sites for hydroxylation is 1. The first-order valence-electron chi connectivity index (χ1n) is 15.7. The maximum atomic E-state index is 14.2. The number of amides is 2. The number of aromatic nitrogens is 2. The third-order valence-electron chi connectivity index (χ3n) is 9.80. The Hall–Kier alpha value is -4.28. The van der Waals surface area contributed by atoms with Gasteiger partial charge in [0.05, 0.1) is 29.8 Å². The van der Waals surface area contributed by atoms with E-state index in [1.807, 2.05) is 6.92 Å². The Bertz CT molecular complexity index is 1650. The molecule has 238 valence electrons. The van der Waals surface area contributed by atoms with E-state index in [0.29, 0.717) is 35.2 Å². The molecule has 3 aliphatic rings. The van der Waals surface area contributed by atoms with Crippen LogP contribution in [0.25, 0.3) is 22.3 Å². The van der Waals surface area contributed by atoms with E-state index in [1.165, 1.54) is 12.1 Å². The first kappa shape index (κ1) is 30.7. The van der Waals surface area contributed by atoms with E-state index in [-0.39, 0.29) is 36.4 Å². The van der Waals surface area contributed by atoms with E-state index >= 15 is 0 Å². The van der Waals surface area contributed by atoms with Crippen molar-refractivity contribution in [2.24, 2.45) is 17.8 Å². The smallest absolute Gasteiger partial charge is 0.329 e. The van der Waals surface area contributed by atoms with E-state index in [1.54, 1.807) is 43.3 Å². The summed E-state index contributed by atoms with van der Waals surface area (Å²) in [5.41, 5.74) is 0.525. The molecule has 2 saturated carbocycles. The Morgan fingerprint density at radius 3 is 2.62 bits per heavy atom. The molecular formula is C34H39FN4O6. The summed E-state index contributed by atoms with van der Waals surface area (Å²) in [5, 5.41) is 13.6. The number of benzene rings is 2. The van der Waals surface area contributed by atoms with Gasteiger partial charge in [-0.2, -0.15) is 4.98 Å². The van der Waals surface area contributed by atoms with Gasteiger partial charge in [0, 0.05) is 24.7 Å². The molecule has 11 heteroatoms. The molecule has 0 unspecified atom stereocenters. The zero-order valence-electron chi connectivity index (χ0n) is 25.8. The van der Waals surface area contributed by atoms with E-state index < -0.39 is 41.2 Å². The first-order valence-corrected chi connectivity index (χ1v) is 15.7. The van der Waals surface area contributed by atoms with Crippen LogP contribution in [-0.4, -0.2) is 70.1 Å². The van der Waals surface area contributed by atoms with Gasteiger partial charge in [-0.1, -0.05) is 31.4 Å². The lowest BCUT2D eigenvalue weighted by Crippen LogP contribution is -2.49. The van der Waals surface area contributed by atoms with Crippen molar-refractivity contribution >= 4 is 28.7 Å². The number of nitrogens with one attached hydrogen (secondary N) is 1. The molecule has 6 rings (SSSR count). The maximum absolute atomic E-state index is 14.2. The monoisotopic (exact) mass is 618 g/mol. The van der Waals surface area contributed by atoms with Gasteiger partial charge in [-0.05, 0) is 69.2 Å². The van der Waals surface area contributed by atoms with Crippen molar-refractivity contribution in [1.29, 1.82) is 0 Å². The number of carboxylic acids is 1. The Labute approximate surface area is 261 Å². The molecule has 0 radical (unpaired) electrons. The van der Waals surface area contributed by atoms with Crippen molar-refractivity contribution in [3.8, 4) is 23.0 Å². The summed E-state index contributed by atoms with van der Waals surface area (Å²) in [4.78, 5) is 51.0. The topological polar surface area (TPSA) is 131 Å². The van der Waals surface area contributed by atoms with Gasteiger partial charge in [-0.25, -0.2) is 14.2 Å². The van der Waals surface area contributed by atoms with Crippen molar-refractivity contribution in [2.75, 3.05) is 20.7 Å². The molecule has 1 aliphatic heterocycles. The van der Waals surface area contributed by atoms with Gasteiger partial charge in [-0.3, -0.25) is 9.59 Å². The zero-order chi connectivity index (χ0) is 31.9. The SMILES string of the molecule is COc1ccc2c(O[C@@H]3C[C@H]4C(=O)N[C@]5(C(=O)O)C[C@H]5CCCCCCN(C)C(=O)[C@@H]4C3)nc(-c3cccc(F)c3)nc2c1C. The Morgan fingerprint density at radius 1 is 1.09 bits per heavy atom. The number of carbonyl (C=O) groups excluding carboxylic acids is 2. The minimum absolute atomic E-state index is 0.110. The van der Waals surface area contributed by atoms with Crippen LogP contribution < -0.4 is 14.8 Å². The average molecular weight is 619 g/mol. The van der Waals surface area contributed by atoms with Crippen molar-refractivity contribution in [1.82, 2.24) is 20.2 Å². The van der Waals surface area contributed by atoms with Crippen LogP contribution in [0.5, 0.6) is 11.6 Å². The highest BCUT2D eigenvalue weighted by Gasteiger charge is 2.62. The quantitative estimate of drug-likeness (QED) is 0.413. The van der Waals surface area contributed by atoms with Gasteiger partial charge < -0.3 is 24.8 Å². The number of halogens is 1. The zero-order valence-corrected chi connectivity index (χ0v) is 25.8. The number of aliphatic carboxylic acids is 1. The van der Waals surface area contributed by atoms with Crippen LogP contribution in [0.2, 0.25) is 0 Å². The minimum atomic E-state index is -1.28. The number of fused-ring (bicyclic) bond motifs is 3. The lowest BCUT2D eigenvalue weighted by molar-refractivity contribution is -0.145.